The van der Waals surface area contributed by atoms with Gasteiger partial charge in [-0.1, -0.05) is 6.92 Å². The normalized spacial score (nSPS) is 11.1. The molecule has 0 unspecified atom stereocenters. The van der Waals surface area contributed by atoms with Crippen molar-refractivity contribution in [3.63, 3.8) is 0 Å². The molecule has 1 amide bonds. The number of hydrogen-bond donors (Lipinski definition) is 2. The highest BCUT2D eigenvalue weighted by Gasteiger charge is 2.14. The molecule has 0 saturated heterocycles. The van der Waals surface area contributed by atoms with Crippen LogP contribution in [0.15, 0.2) is 10.2 Å². The summed E-state index contributed by atoms with van der Waals surface area (Å²) < 4.78 is 1.24. The minimum absolute atomic E-state index is 0.156. The van der Waals surface area contributed by atoms with Crippen LogP contribution in [0.1, 0.15) is 28.9 Å². The van der Waals surface area contributed by atoms with Crippen LogP contribution in [0.25, 0.3) is 5.78 Å². The maximum absolute atomic E-state index is 12.3. The molecule has 0 aromatic carbocycles. The third kappa shape index (κ3) is 3.00. The van der Waals surface area contributed by atoms with Crippen molar-refractivity contribution >= 4 is 29.0 Å². The number of aromatic nitrogens is 5. The maximum atomic E-state index is 12.3. The molecule has 2 N–H and O–H groups in total. The monoisotopic (exact) mass is 332 g/mol. The summed E-state index contributed by atoms with van der Waals surface area (Å²) >= 11 is 1.49. The number of hydrogen-bond acceptors (Lipinski definition) is 6. The van der Waals surface area contributed by atoms with Crippen LogP contribution in [0.2, 0.25) is 0 Å². The van der Waals surface area contributed by atoms with Gasteiger partial charge in [-0.25, -0.2) is 9.97 Å². The molecule has 8 nitrogen and oxygen atoms in total. The molecule has 0 saturated carbocycles. The van der Waals surface area contributed by atoms with Crippen molar-refractivity contribution in [2.75, 3.05) is 5.32 Å². The SMILES string of the molecule is CCc1c(C)nc2nc(NC(=O)Cc3csc(C)n3)[nH]n2c1=O. The summed E-state index contributed by atoms with van der Waals surface area (Å²) in [6.07, 6.45) is 0.743. The van der Waals surface area contributed by atoms with Crippen LogP contribution >= 0.6 is 11.3 Å². The molecule has 120 valence electrons. The zero-order valence-corrected chi connectivity index (χ0v) is 13.8. The van der Waals surface area contributed by atoms with Crippen molar-refractivity contribution < 1.29 is 4.79 Å². The molecular formula is C14H16N6O2S. The van der Waals surface area contributed by atoms with E-state index in [0.29, 0.717) is 23.4 Å². The topological polar surface area (TPSA) is 105 Å². The third-order valence-electron chi connectivity index (χ3n) is 3.41. The quantitative estimate of drug-likeness (QED) is 0.748. The number of thiazole rings is 1. The first-order chi connectivity index (χ1) is 11.0. The Balaban J connectivity index is 1.85. The second-order valence-electron chi connectivity index (χ2n) is 5.12. The molecule has 9 heteroatoms. The predicted molar refractivity (Wildman–Crippen MR) is 86.9 cm³/mol. The van der Waals surface area contributed by atoms with Crippen molar-refractivity contribution in [3.8, 4) is 0 Å². The minimum atomic E-state index is -0.255. The molecule has 3 rings (SSSR count). The summed E-state index contributed by atoms with van der Waals surface area (Å²) in [6.45, 7) is 5.56. The number of carbonyl (C=O) groups is 1. The highest BCUT2D eigenvalue weighted by molar-refractivity contribution is 7.09. The van der Waals surface area contributed by atoms with Crippen LogP contribution in [-0.4, -0.2) is 30.5 Å². The van der Waals surface area contributed by atoms with Gasteiger partial charge in [-0.05, 0) is 20.3 Å². The fourth-order valence-electron chi connectivity index (χ4n) is 2.35. The lowest BCUT2D eigenvalue weighted by Crippen LogP contribution is -2.21. The average molecular weight is 332 g/mol. The van der Waals surface area contributed by atoms with Crippen LogP contribution in [0.3, 0.4) is 0 Å². The maximum Gasteiger partial charge on any atom is 0.277 e. The Labute approximate surface area is 135 Å². The second kappa shape index (κ2) is 5.92. The standard InChI is InChI=1S/C14H16N6O2S/c1-4-10-7(2)15-14-18-13(19-20(14)12(10)22)17-11(21)5-9-6-23-8(3)16-9/h6H,4-5H2,1-3H3,(H2,15,17,18,19,21). The number of anilines is 1. The molecule has 0 aliphatic carbocycles. The van der Waals surface area contributed by atoms with Crippen LogP contribution < -0.4 is 10.9 Å². The molecule has 0 radical (unpaired) electrons. The Bertz CT molecular complexity index is 939. The molecule has 0 bridgehead atoms. The lowest BCUT2D eigenvalue weighted by atomic mass is 10.2. The molecule has 3 aromatic rings. The Morgan fingerprint density at radius 2 is 2.13 bits per heavy atom. The van der Waals surface area contributed by atoms with Crippen molar-refractivity contribution in [3.05, 3.63) is 37.7 Å². The molecule has 0 fully saturated rings. The summed E-state index contributed by atoms with van der Waals surface area (Å²) in [7, 11) is 0. The number of aromatic amines is 1. The number of rotatable bonds is 4. The second-order valence-corrected chi connectivity index (χ2v) is 6.19. The first-order valence-electron chi connectivity index (χ1n) is 7.17. The van der Waals surface area contributed by atoms with E-state index in [1.165, 1.54) is 15.9 Å². The smallest absolute Gasteiger partial charge is 0.277 e. The van der Waals surface area contributed by atoms with E-state index in [0.717, 1.165) is 5.01 Å². The van der Waals surface area contributed by atoms with Crippen LogP contribution in [-0.2, 0) is 17.6 Å². The molecule has 0 atom stereocenters. The van der Waals surface area contributed by atoms with E-state index in [1.54, 1.807) is 6.92 Å². The zero-order valence-electron chi connectivity index (χ0n) is 13.0. The van der Waals surface area contributed by atoms with E-state index in [4.69, 9.17) is 0 Å². The highest BCUT2D eigenvalue weighted by Crippen LogP contribution is 2.10. The Kier molecular flexibility index (Phi) is 3.95. The Morgan fingerprint density at radius 1 is 1.35 bits per heavy atom. The van der Waals surface area contributed by atoms with Gasteiger partial charge in [-0.3, -0.25) is 20.0 Å². The van der Waals surface area contributed by atoms with Crippen molar-refractivity contribution in [1.82, 2.24) is 24.6 Å². The molecule has 23 heavy (non-hydrogen) atoms. The number of nitrogens with zero attached hydrogens (tertiary/aromatic N) is 4. The number of aryl methyl sites for hydroxylation is 2. The lowest BCUT2D eigenvalue weighted by molar-refractivity contribution is -0.115. The van der Waals surface area contributed by atoms with E-state index in [-0.39, 0.29) is 29.6 Å². The number of nitrogens with one attached hydrogen (secondary N) is 2. The summed E-state index contributed by atoms with van der Waals surface area (Å²) in [6, 6.07) is 0. The van der Waals surface area contributed by atoms with E-state index < -0.39 is 0 Å². The predicted octanol–water partition coefficient (Wildman–Crippen LogP) is 1.23. The van der Waals surface area contributed by atoms with Gasteiger partial charge in [-0.2, -0.15) is 9.50 Å². The number of amides is 1. The average Bonchev–Trinajstić information content (AvgIpc) is 3.05. The largest absolute Gasteiger partial charge is 0.295 e. The van der Waals surface area contributed by atoms with E-state index in [2.05, 4.69) is 25.4 Å². The molecule has 0 spiro atoms. The van der Waals surface area contributed by atoms with Gasteiger partial charge < -0.3 is 0 Å². The minimum Gasteiger partial charge on any atom is -0.295 e. The third-order valence-corrected chi connectivity index (χ3v) is 4.24. The van der Waals surface area contributed by atoms with E-state index in [9.17, 15) is 9.59 Å². The number of carbonyl (C=O) groups excluding carboxylic acids is 1. The fraction of sp³-hybridized carbons (Fsp3) is 0.357. The summed E-state index contributed by atoms with van der Waals surface area (Å²) in [5.74, 6) is 0.179. The molecular weight excluding hydrogens is 316 g/mol. The first-order valence-corrected chi connectivity index (χ1v) is 8.05. The van der Waals surface area contributed by atoms with Crippen molar-refractivity contribution in [2.45, 2.75) is 33.6 Å². The van der Waals surface area contributed by atoms with Gasteiger partial charge in [0.1, 0.15) is 0 Å². The Morgan fingerprint density at radius 3 is 2.78 bits per heavy atom. The van der Waals surface area contributed by atoms with Gasteiger partial charge in [0.15, 0.2) is 0 Å². The van der Waals surface area contributed by atoms with E-state index in [1.807, 2.05) is 19.2 Å². The van der Waals surface area contributed by atoms with Gasteiger partial charge in [-0.15, -0.1) is 11.3 Å². The van der Waals surface area contributed by atoms with Gasteiger partial charge in [0.05, 0.1) is 22.8 Å². The molecule has 0 aliphatic heterocycles. The van der Waals surface area contributed by atoms with E-state index >= 15 is 0 Å². The molecule has 3 aromatic heterocycles. The van der Waals surface area contributed by atoms with Crippen molar-refractivity contribution in [2.24, 2.45) is 0 Å². The van der Waals surface area contributed by atoms with Gasteiger partial charge in [0, 0.05) is 10.9 Å². The summed E-state index contributed by atoms with van der Waals surface area (Å²) in [5.41, 5.74) is 1.79. The van der Waals surface area contributed by atoms with Crippen LogP contribution in [0.5, 0.6) is 0 Å². The number of H-pyrrole nitrogens is 1. The highest BCUT2D eigenvalue weighted by atomic mass is 32.1. The molecule has 3 heterocycles. The van der Waals surface area contributed by atoms with Gasteiger partial charge in [0.25, 0.3) is 11.3 Å². The van der Waals surface area contributed by atoms with Crippen molar-refractivity contribution in [1.29, 1.82) is 0 Å². The summed E-state index contributed by atoms with van der Waals surface area (Å²) in [4.78, 5) is 37.0. The van der Waals surface area contributed by atoms with Crippen LogP contribution in [0, 0.1) is 13.8 Å². The molecule has 0 aliphatic rings. The Hall–Kier alpha value is -2.55. The number of fused-ring (bicyclic) bond motifs is 1. The summed E-state index contributed by atoms with van der Waals surface area (Å²) in [5, 5.41) is 8.16. The fourth-order valence-corrected chi connectivity index (χ4v) is 2.96. The lowest BCUT2D eigenvalue weighted by Gasteiger charge is -2.00. The van der Waals surface area contributed by atoms with Gasteiger partial charge in [0.2, 0.25) is 11.9 Å². The zero-order chi connectivity index (χ0) is 16.6. The van der Waals surface area contributed by atoms with Crippen LogP contribution in [0.4, 0.5) is 5.95 Å². The van der Waals surface area contributed by atoms with Gasteiger partial charge >= 0.3 is 0 Å². The first kappa shape index (κ1) is 15.3.